The minimum atomic E-state index is -0.248. The molecule has 7 nitrogen and oxygen atoms in total. The molecule has 3 heterocycles. The van der Waals surface area contributed by atoms with E-state index in [1.165, 1.54) is 0 Å². The van der Waals surface area contributed by atoms with Crippen LogP contribution in [0.3, 0.4) is 0 Å². The highest BCUT2D eigenvalue weighted by Crippen LogP contribution is 2.24. The average molecular weight is 251 g/mol. The van der Waals surface area contributed by atoms with E-state index in [0.29, 0.717) is 26.1 Å². The second-order valence-corrected chi connectivity index (χ2v) is 5.64. The molecule has 1 amide bonds. The number of aromatic amines is 1. The fourth-order valence-electron chi connectivity index (χ4n) is 2.79. The van der Waals surface area contributed by atoms with E-state index in [2.05, 4.69) is 10.2 Å². The number of amides is 1. The van der Waals surface area contributed by atoms with Crippen molar-refractivity contribution < 1.29 is 4.79 Å². The predicted octanol–water partition coefficient (Wildman–Crippen LogP) is -1.31. The number of carbonyl (C=O) groups is 1. The number of likely N-dealkylation sites (tertiary alicyclic amines) is 1. The molecule has 3 N–H and O–H groups in total. The van der Waals surface area contributed by atoms with E-state index in [4.69, 9.17) is 5.73 Å². The normalized spacial score (nSPS) is 25.4. The number of nitrogens with one attached hydrogen (secondary N) is 1. The van der Waals surface area contributed by atoms with Crippen molar-refractivity contribution in [1.82, 2.24) is 19.7 Å². The molecule has 98 valence electrons. The van der Waals surface area contributed by atoms with Crippen LogP contribution < -0.4 is 11.4 Å². The number of nitrogens with zero attached hydrogens (tertiary/aromatic N) is 3. The zero-order valence-electron chi connectivity index (χ0n) is 10.3. The van der Waals surface area contributed by atoms with Crippen molar-refractivity contribution in [1.29, 1.82) is 0 Å². The van der Waals surface area contributed by atoms with Crippen molar-refractivity contribution in [3.05, 3.63) is 16.3 Å². The van der Waals surface area contributed by atoms with Gasteiger partial charge in [0.25, 0.3) is 0 Å². The van der Waals surface area contributed by atoms with E-state index in [0.717, 1.165) is 12.2 Å². The number of aryl methyl sites for hydroxylation is 1. The lowest BCUT2D eigenvalue weighted by atomic mass is 9.90. The summed E-state index contributed by atoms with van der Waals surface area (Å²) in [6, 6.07) is 0. The highest BCUT2D eigenvalue weighted by molar-refractivity contribution is 5.80. The zero-order chi connectivity index (χ0) is 12.9. The van der Waals surface area contributed by atoms with Crippen LogP contribution in [0.1, 0.15) is 19.2 Å². The minimum Gasteiger partial charge on any atom is -0.339 e. The molecule has 18 heavy (non-hydrogen) atoms. The maximum Gasteiger partial charge on any atom is 0.343 e. The van der Waals surface area contributed by atoms with E-state index in [-0.39, 0.29) is 23.1 Å². The van der Waals surface area contributed by atoms with E-state index >= 15 is 0 Å². The van der Waals surface area contributed by atoms with Crippen LogP contribution in [0.15, 0.2) is 4.79 Å². The summed E-state index contributed by atoms with van der Waals surface area (Å²) >= 11 is 0. The summed E-state index contributed by atoms with van der Waals surface area (Å²) in [5, 5.41) is 6.35. The second-order valence-electron chi connectivity index (χ2n) is 5.64. The van der Waals surface area contributed by atoms with Gasteiger partial charge < -0.3 is 10.6 Å². The molecule has 1 aromatic heterocycles. The van der Waals surface area contributed by atoms with Crippen molar-refractivity contribution in [2.24, 2.45) is 11.7 Å². The van der Waals surface area contributed by atoms with Gasteiger partial charge in [-0.25, -0.2) is 9.89 Å². The summed E-state index contributed by atoms with van der Waals surface area (Å²) in [4.78, 5) is 25.5. The Bertz CT molecular complexity index is 536. The van der Waals surface area contributed by atoms with Crippen molar-refractivity contribution in [2.75, 3.05) is 13.1 Å². The fraction of sp³-hybridized carbons (Fsp3) is 0.727. The van der Waals surface area contributed by atoms with Crippen LogP contribution in [-0.4, -0.2) is 44.2 Å². The van der Waals surface area contributed by atoms with Crippen LogP contribution in [0.5, 0.6) is 0 Å². The Morgan fingerprint density at radius 3 is 2.94 bits per heavy atom. The maximum absolute atomic E-state index is 12.2. The topological polar surface area (TPSA) is 97.0 Å². The molecule has 0 aromatic carbocycles. The summed E-state index contributed by atoms with van der Waals surface area (Å²) in [6.07, 6.45) is 1.42. The van der Waals surface area contributed by atoms with Gasteiger partial charge in [0, 0.05) is 31.6 Å². The Morgan fingerprint density at radius 2 is 2.28 bits per heavy atom. The Hall–Kier alpha value is -1.63. The number of aromatic nitrogens is 3. The summed E-state index contributed by atoms with van der Waals surface area (Å²) in [6.45, 7) is 3.59. The molecule has 0 radical (unpaired) electrons. The number of hydrogen-bond donors (Lipinski definition) is 2. The lowest BCUT2D eigenvalue weighted by molar-refractivity contribution is -0.143. The van der Waals surface area contributed by atoms with Gasteiger partial charge in [-0.05, 0) is 13.3 Å². The summed E-state index contributed by atoms with van der Waals surface area (Å²) in [7, 11) is 0. The molecule has 1 unspecified atom stereocenters. The molecule has 1 atom stereocenters. The smallest absolute Gasteiger partial charge is 0.339 e. The van der Waals surface area contributed by atoms with Crippen molar-refractivity contribution in [3.8, 4) is 0 Å². The number of rotatable bonds is 1. The van der Waals surface area contributed by atoms with Crippen LogP contribution in [0, 0.1) is 5.92 Å². The molecule has 0 aliphatic carbocycles. The molecule has 7 heteroatoms. The summed E-state index contributed by atoms with van der Waals surface area (Å²) in [5.41, 5.74) is 5.42. The monoisotopic (exact) mass is 251 g/mol. The third-order valence-corrected chi connectivity index (χ3v) is 3.72. The first-order valence-corrected chi connectivity index (χ1v) is 6.18. The SMILES string of the molecule is CC1(N)CN(C(=O)C2CCc3n[nH]c(=O)n3C2)C1. The molecule has 3 rings (SSSR count). The van der Waals surface area contributed by atoms with E-state index in [9.17, 15) is 9.59 Å². The number of hydrogen-bond acceptors (Lipinski definition) is 4. The lowest BCUT2D eigenvalue weighted by Gasteiger charge is -2.46. The van der Waals surface area contributed by atoms with Crippen LogP contribution >= 0.6 is 0 Å². The molecule has 2 aliphatic heterocycles. The van der Waals surface area contributed by atoms with E-state index in [1.54, 1.807) is 9.47 Å². The predicted molar refractivity (Wildman–Crippen MR) is 63.8 cm³/mol. The maximum atomic E-state index is 12.2. The Kier molecular flexibility index (Phi) is 2.34. The molecule has 1 saturated heterocycles. The van der Waals surface area contributed by atoms with Gasteiger partial charge in [0.1, 0.15) is 5.82 Å². The highest BCUT2D eigenvalue weighted by Gasteiger charge is 2.41. The van der Waals surface area contributed by atoms with Crippen LogP contribution in [0.2, 0.25) is 0 Å². The van der Waals surface area contributed by atoms with Crippen LogP contribution in [0.25, 0.3) is 0 Å². The number of fused-ring (bicyclic) bond motifs is 1. The molecule has 0 spiro atoms. The first kappa shape index (κ1) is 11.5. The number of carbonyl (C=O) groups excluding carboxylic acids is 1. The molecule has 1 fully saturated rings. The Balaban J connectivity index is 1.71. The largest absolute Gasteiger partial charge is 0.343 e. The van der Waals surface area contributed by atoms with Gasteiger partial charge in [0.2, 0.25) is 5.91 Å². The summed E-state index contributed by atoms with van der Waals surface area (Å²) < 4.78 is 1.56. The van der Waals surface area contributed by atoms with E-state index in [1.807, 2.05) is 6.92 Å². The van der Waals surface area contributed by atoms with Crippen molar-refractivity contribution in [2.45, 2.75) is 31.8 Å². The first-order chi connectivity index (χ1) is 8.46. The molecule has 1 aromatic rings. The van der Waals surface area contributed by atoms with Crippen LogP contribution in [-0.2, 0) is 17.8 Å². The minimum absolute atomic E-state index is 0.108. The van der Waals surface area contributed by atoms with Crippen molar-refractivity contribution >= 4 is 5.91 Å². The zero-order valence-corrected chi connectivity index (χ0v) is 10.3. The van der Waals surface area contributed by atoms with Gasteiger partial charge in [-0.1, -0.05) is 0 Å². The Labute approximate surface area is 104 Å². The molecule has 0 bridgehead atoms. The fourth-order valence-corrected chi connectivity index (χ4v) is 2.79. The van der Waals surface area contributed by atoms with E-state index < -0.39 is 0 Å². The molecule has 2 aliphatic rings. The third kappa shape index (κ3) is 1.74. The van der Waals surface area contributed by atoms with Gasteiger partial charge in [-0.3, -0.25) is 9.36 Å². The van der Waals surface area contributed by atoms with Crippen molar-refractivity contribution in [3.63, 3.8) is 0 Å². The van der Waals surface area contributed by atoms with Gasteiger partial charge in [0.05, 0.1) is 5.92 Å². The first-order valence-electron chi connectivity index (χ1n) is 6.18. The lowest BCUT2D eigenvalue weighted by Crippen LogP contribution is -2.67. The van der Waals surface area contributed by atoms with Crippen LogP contribution in [0.4, 0.5) is 0 Å². The summed E-state index contributed by atoms with van der Waals surface area (Å²) in [5.74, 6) is 0.733. The van der Waals surface area contributed by atoms with Gasteiger partial charge >= 0.3 is 5.69 Å². The highest BCUT2D eigenvalue weighted by atomic mass is 16.2. The van der Waals surface area contributed by atoms with Gasteiger partial charge in [-0.15, -0.1) is 0 Å². The number of nitrogens with two attached hydrogens (primary N) is 1. The molecular weight excluding hydrogens is 234 g/mol. The van der Waals surface area contributed by atoms with Gasteiger partial charge in [0.15, 0.2) is 0 Å². The second kappa shape index (κ2) is 3.68. The average Bonchev–Trinajstić information content (AvgIpc) is 2.67. The molecular formula is C11H17N5O2. The third-order valence-electron chi connectivity index (χ3n) is 3.72. The number of H-pyrrole nitrogens is 1. The molecule has 0 saturated carbocycles. The van der Waals surface area contributed by atoms with Gasteiger partial charge in [-0.2, -0.15) is 5.10 Å². The Morgan fingerprint density at radius 1 is 1.56 bits per heavy atom. The quantitative estimate of drug-likeness (QED) is 0.648. The standard InChI is InChI=1S/C11H17N5O2/c1-11(12)5-15(6-11)9(17)7-2-3-8-13-14-10(18)16(8)4-7/h7H,2-6,12H2,1H3,(H,14,18).